The van der Waals surface area contributed by atoms with Gasteiger partial charge in [-0.1, -0.05) is 0 Å². The van der Waals surface area contributed by atoms with E-state index >= 15 is 0 Å². The van der Waals surface area contributed by atoms with Crippen molar-refractivity contribution in [3.05, 3.63) is 47.5 Å². The molecular weight excluding hydrogens is 422 g/mol. The van der Waals surface area contributed by atoms with Crippen LogP contribution in [0.3, 0.4) is 0 Å². The molecule has 0 spiro atoms. The lowest BCUT2D eigenvalue weighted by Crippen LogP contribution is -2.36. The average Bonchev–Trinajstić information content (AvgIpc) is 2.63. The topological polar surface area (TPSA) is 139 Å². The number of nitrogens with zero attached hydrogens (tertiary/aromatic N) is 1. The Morgan fingerprint density at radius 3 is 2.23 bits per heavy atom. The van der Waals surface area contributed by atoms with Crippen LogP contribution in [0.1, 0.15) is 43.6 Å². The first-order chi connectivity index (χ1) is 14.2. The van der Waals surface area contributed by atoms with Crippen LogP contribution in [-0.2, 0) is 14.8 Å². The monoisotopic (exact) mass is 449 g/mol. The Bertz CT molecular complexity index is 1090. The van der Waals surface area contributed by atoms with E-state index in [-0.39, 0.29) is 27.5 Å². The van der Waals surface area contributed by atoms with Gasteiger partial charge in [0.1, 0.15) is 11.4 Å². The van der Waals surface area contributed by atoms with Crippen molar-refractivity contribution >= 4 is 33.4 Å². The van der Waals surface area contributed by atoms with Gasteiger partial charge in [0.15, 0.2) is 0 Å². The van der Waals surface area contributed by atoms with E-state index in [4.69, 9.17) is 10.5 Å². The second kappa shape index (κ2) is 8.84. The summed E-state index contributed by atoms with van der Waals surface area (Å²) in [5.74, 6) is -1.30. The van der Waals surface area contributed by atoms with Crippen LogP contribution in [0, 0.1) is 6.92 Å². The predicted molar refractivity (Wildman–Crippen MR) is 118 cm³/mol. The van der Waals surface area contributed by atoms with E-state index in [1.165, 1.54) is 30.0 Å². The number of primary amides is 1. The summed E-state index contributed by atoms with van der Waals surface area (Å²) in [5.41, 5.74) is 5.26. The number of nitrogens with two attached hydrogens (primary N) is 1. The number of carbonyl (C=O) groups excluding carboxylic acids is 2. The molecule has 4 N–H and O–H groups in total. The first-order valence-electron chi connectivity index (χ1n) is 9.52. The van der Waals surface area contributed by atoms with Crippen molar-refractivity contribution < 1.29 is 27.9 Å². The molecule has 2 aromatic carbocycles. The van der Waals surface area contributed by atoms with Crippen LogP contribution in [0.4, 0.5) is 16.2 Å². The van der Waals surface area contributed by atoms with E-state index in [0.29, 0.717) is 12.2 Å². The number of ether oxygens (including phenoxy) is 1. The van der Waals surface area contributed by atoms with Gasteiger partial charge in [0.25, 0.3) is 15.9 Å². The van der Waals surface area contributed by atoms with Crippen molar-refractivity contribution in [1.82, 2.24) is 0 Å². The van der Waals surface area contributed by atoms with Crippen LogP contribution in [0.5, 0.6) is 5.75 Å². The molecule has 0 radical (unpaired) electrons. The predicted octanol–water partition coefficient (Wildman–Crippen LogP) is 3.36. The molecule has 2 aromatic rings. The van der Waals surface area contributed by atoms with Gasteiger partial charge in [0, 0.05) is 17.9 Å². The maximum absolute atomic E-state index is 12.8. The molecule has 9 nitrogen and oxygen atoms in total. The largest absolute Gasteiger partial charge is 0.507 e. The maximum atomic E-state index is 12.8. The number of sulfonamides is 1. The molecule has 0 aromatic heterocycles. The average molecular weight is 450 g/mol. The quantitative estimate of drug-likeness (QED) is 0.618. The van der Waals surface area contributed by atoms with Gasteiger partial charge in [-0.3, -0.25) is 14.4 Å². The van der Waals surface area contributed by atoms with Crippen molar-refractivity contribution in [1.29, 1.82) is 0 Å². The van der Waals surface area contributed by atoms with Gasteiger partial charge in [-0.2, -0.15) is 0 Å². The van der Waals surface area contributed by atoms with Crippen LogP contribution in [0.25, 0.3) is 0 Å². The molecule has 168 valence electrons. The van der Waals surface area contributed by atoms with Gasteiger partial charge in [-0.05, 0) is 76.6 Å². The minimum absolute atomic E-state index is 0.197. The highest BCUT2D eigenvalue weighted by molar-refractivity contribution is 7.92. The third-order valence-electron chi connectivity index (χ3n) is 4.21. The fourth-order valence-electron chi connectivity index (χ4n) is 2.75. The van der Waals surface area contributed by atoms with Crippen molar-refractivity contribution in [2.45, 2.75) is 45.1 Å². The molecular formula is C21H27N3O6S. The Balaban J connectivity index is 2.28. The van der Waals surface area contributed by atoms with Crippen LogP contribution >= 0.6 is 0 Å². The molecule has 0 unspecified atom stereocenters. The number of benzene rings is 2. The number of anilines is 2. The second-order valence-electron chi connectivity index (χ2n) is 7.88. The lowest BCUT2D eigenvalue weighted by molar-refractivity contribution is 0.0582. The minimum Gasteiger partial charge on any atom is -0.507 e. The van der Waals surface area contributed by atoms with Crippen LogP contribution in [-0.4, -0.2) is 37.7 Å². The van der Waals surface area contributed by atoms with Gasteiger partial charge >= 0.3 is 6.09 Å². The van der Waals surface area contributed by atoms with Crippen LogP contribution < -0.4 is 15.4 Å². The summed E-state index contributed by atoms with van der Waals surface area (Å²) in [6.07, 6.45) is -0.512. The summed E-state index contributed by atoms with van der Waals surface area (Å²) in [5, 5.41) is 9.91. The zero-order chi connectivity index (χ0) is 23.6. The molecule has 0 atom stereocenters. The molecule has 10 heteroatoms. The van der Waals surface area contributed by atoms with E-state index in [9.17, 15) is 23.1 Å². The SMILES string of the molecule is CCN(C(=O)OC(C)(C)C)c1ccc(NS(=O)(=O)c2cc(C)c(O)c(C(N)=O)c2)cc1. The Labute approximate surface area is 181 Å². The molecule has 0 aliphatic carbocycles. The molecule has 0 saturated carbocycles. The first-order valence-corrected chi connectivity index (χ1v) is 11.0. The van der Waals surface area contributed by atoms with E-state index in [1.807, 2.05) is 0 Å². The number of aryl methyl sites for hydroxylation is 1. The highest BCUT2D eigenvalue weighted by atomic mass is 32.2. The molecule has 0 bridgehead atoms. The minimum atomic E-state index is -4.06. The van der Waals surface area contributed by atoms with E-state index in [0.717, 1.165) is 6.07 Å². The number of nitrogens with one attached hydrogen (secondary N) is 1. The summed E-state index contributed by atoms with van der Waals surface area (Å²) in [7, 11) is -4.06. The normalized spacial score (nSPS) is 11.6. The number of carbonyl (C=O) groups is 2. The fraction of sp³-hybridized carbons (Fsp3) is 0.333. The number of aromatic hydroxyl groups is 1. The third kappa shape index (κ3) is 5.88. The van der Waals surface area contributed by atoms with E-state index in [2.05, 4.69) is 4.72 Å². The van der Waals surface area contributed by atoms with Crippen molar-refractivity contribution in [2.75, 3.05) is 16.2 Å². The zero-order valence-electron chi connectivity index (χ0n) is 18.1. The molecule has 0 aliphatic heterocycles. The smallest absolute Gasteiger partial charge is 0.414 e. The highest BCUT2D eigenvalue weighted by Gasteiger charge is 2.23. The molecule has 0 saturated heterocycles. The van der Waals surface area contributed by atoms with Gasteiger partial charge < -0.3 is 15.6 Å². The van der Waals surface area contributed by atoms with E-state index < -0.39 is 27.6 Å². The molecule has 0 fully saturated rings. The van der Waals surface area contributed by atoms with Crippen LogP contribution in [0.15, 0.2) is 41.3 Å². The number of hydrogen-bond donors (Lipinski definition) is 3. The summed E-state index contributed by atoms with van der Waals surface area (Å²) in [6, 6.07) is 8.43. The summed E-state index contributed by atoms with van der Waals surface area (Å²) >= 11 is 0. The lowest BCUT2D eigenvalue weighted by Gasteiger charge is -2.26. The fourth-order valence-corrected chi connectivity index (χ4v) is 3.92. The summed E-state index contributed by atoms with van der Waals surface area (Å²) in [6.45, 7) is 8.93. The van der Waals surface area contributed by atoms with Crippen molar-refractivity contribution in [3.8, 4) is 5.75 Å². The highest BCUT2D eigenvalue weighted by Crippen LogP contribution is 2.28. The zero-order valence-corrected chi connectivity index (χ0v) is 18.9. The lowest BCUT2D eigenvalue weighted by atomic mass is 10.1. The maximum Gasteiger partial charge on any atom is 0.414 e. The standard InChI is InChI=1S/C21H27N3O6S/c1-6-24(20(27)30-21(3,4)5)15-9-7-14(8-10-15)23-31(28,29)16-11-13(2)18(25)17(12-16)19(22)26/h7-12,23,25H,6H2,1-5H3,(H2,22,26). The van der Waals surface area contributed by atoms with Crippen LogP contribution in [0.2, 0.25) is 0 Å². The summed E-state index contributed by atoms with van der Waals surface area (Å²) < 4.78 is 33.3. The number of rotatable bonds is 6. The second-order valence-corrected chi connectivity index (χ2v) is 9.56. The van der Waals surface area contributed by atoms with Crippen molar-refractivity contribution in [2.24, 2.45) is 5.73 Å². The Hall–Kier alpha value is -3.27. The number of phenols is 1. The molecule has 2 amide bonds. The molecule has 0 aliphatic rings. The molecule has 0 heterocycles. The van der Waals surface area contributed by atoms with E-state index in [1.54, 1.807) is 39.8 Å². The van der Waals surface area contributed by atoms with Gasteiger partial charge in [-0.25, -0.2) is 13.2 Å². The molecule has 31 heavy (non-hydrogen) atoms. The number of amides is 2. The van der Waals surface area contributed by atoms with Gasteiger partial charge in [0.2, 0.25) is 0 Å². The molecule has 2 rings (SSSR count). The van der Waals surface area contributed by atoms with Gasteiger partial charge in [-0.15, -0.1) is 0 Å². The third-order valence-corrected chi connectivity index (χ3v) is 5.57. The first kappa shape index (κ1) is 24.0. The Kier molecular flexibility index (Phi) is 6.85. The Morgan fingerprint density at radius 2 is 1.74 bits per heavy atom. The summed E-state index contributed by atoms with van der Waals surface area (Å²) in [4.78, 5) is 25.1. The van der Waals surface area contributed by atoms with Crippen molar-refractivity contribution in [3.63, 3.8) is 0 Å². The Morgan fingerprint density at radius 1 is 1.16 bits per heavy atom. The van der Waals surface area contributed by atoms with Gasteiger partial charge in [0.05, 0.1) is 10.5 Å². The number of hydrogen-bond acceptors (Lipinski definition) is 6.